The number of aromatic nitrogens is 1. The molecule has 0 aliphatic carbocycles. The normalized spacial score (nSPS) is 15.2. The lowest BCUT2D eigenvalue weighted by molar-refractivity contribution is 0.403. The zero-order valence-electron chi connectivity index (χ0n) is 12.5. The highest BCUT2D eigenvalue weighted by Crippen LogP contribution is 2.28. The van der Waals surface area contributed by atoms with Crippen molar-refractivity contribution in [2.45, 2.75) is 12.5 Å². The van der Waals surface area contributed by atoms with Crippen LogP contribution in [0.1, 0.15) is 17.2 Å². The minimum atomic E-state index is 0.128. The Morgan fingerprint density at radius 1 is 1.23 bits per heavy atom. The highest BCUT2D eigenvalue weighted by Gasteiger charge is 2.19. The number of para-hydroxylation sites is 1. The number of thioether (sulfide) groups is 1. The predicted octanol–water partition coefficient (Wildman–Crippen LogP) is 3.07. The first kappa shape index (κ1) is 14.9. The number of aliphatic imine (C=N–C) groups is 1. The number of rotatable bonds is 5. The molecule has 1 aromatic heterocycles. The van der Waals surface area contributed by atoms with Crippen molar-refractivity contribution in [3.05, 3.63) is 59.9 Å². The Morgan fingerprint density at radius 3 is 2.77 bits per heavy atom. The average Bonchev–Trinajstić information content (AvgIpc) is 3.08. The van der Waals surface area contributed by atoms with E-state index in [-0.39, 0.29) is 6.04 Å². The Kier molecular flexibility index (Phi) is 4.96. The highest BCUT2D eigenvalue weighted by atomic mass is 32.2. The van der Waals surface area contributed by atoms with Crippen LogP contribution in [0.15, 0.2) is 53.8 Å². The molecule has 0 spiro atoms. The van der Waals surface area contributed by atoms with Gasteiger partial charge in [-0.25, -0.2) is 0 Å². The topological polar surface area (TPSA) is 46.5 Å². The summed E-state index contributed by atoms with van der Waals surface area (Å²) in [5.41, 5.74) is 2.39. The molecule has 3 rings (SSSR count). The molecular formula is C17H19N3OS. The molecule has 0 saturated heterocycles. The van der Waals surface area contributed by atoms with Crippen molar-refractivity contribution in [2.75, 3.05) is 19.4 Å². The largest absolute Gasteiger partial charge is 0.496 e. The van der Waals surface area contributed by atoms with E-state index in [4.69, 9.17) is 4.74 Å². The van der Waals surface area contributed by atoms with Crippen LogP contribution in [0.3, 0.4) is 0 Å². The van der Waals surface area contributed by atoms with Crippen LogP contribution >= 0.6 is 11.8 Å². The maximum Gasteiger partial charge on any atom is 0.157 e. The number of hydrogen-bond donors (Lipinski definition) is 1. The number of nitrogens with zero attached hydrogens (tertiary/aromatic N) is 2. The Labute approximate surface area is 135 Å². The van der Waals surface area contributed by atoms with E-state index in [9.17, 15) is 0 Å². The molecule has 1 atom stereocenters. The Morgan fingerprint density at radius 2 is 2.05 bits per heavy atom. The summed E-state index contributed by atoms with van der Waals surface area (Å²) in [4.78, 5) is 8.60. The van der Waals surface area contributed by atoms with Crippen molar-refractivity contribution in [3.63, 3.8) is 0 Å². The van der Waals surface area contributed by atoms with E-state index in [0.717, 1.165) is 35.2 Å². The third-order valence-corrected chi connectivity index (χ3v) is 4.49. The second kappa shape index (κ2) is 7.31. The van der Waals surface area contributed by atoms with Crippen LogP contribution in [-0.2, 0) is 6.42 Å². The second-order valence-corrected chi connectivity index (χ2v) is 6.12. The van der Waals surface area contributed by atoms with E-state index >= 15 is 0 Å². The van der Waals surface area contributed by atoms with Crippen molar-refractivity contribution < 1.29 is 4.74 Å². The summed E-state index contributed by atoms with van der Waals surface area (Å²) in [7, 11) is 1.71. The third-order valence-electron chi connectivity index (χ3n) is 3.59. The molecule has 0 radical (unpaired) electrons. The van der Waals surface area contributed by atoms with Crippen LogP contribution < -0.4 is 10.1 Å². The van der Waals surface area contributed by atoms with Gasteiger partial charge < -0.3 is 10.1 Å². The number of methoxy groups -OCH3 is 1. The van der Waals surface area contributed by atoms with Crippen molar-refractivity contribution in [1.29, 1.82) is 0 Å². The van der Waals surface area contributed by atoms with Gasteiger partial charge in [0.05, 0.1) is 19.7 Å². The van der Waals surface area contributed by atoms with Gasteiger partial charge in [0.1, 0.15) is 5.75 Å². The third kappa shape index (κ3) is 3.60. The molecule has 1 unspecified atom stereocenters. The average molecular weight is 313 g/mol. The van der Waals surface area contributed by atoms with Crippen molar-refractivity contribution in [1.82, 2.24) is 10.3 Å². The smallest absolute Gasteiger partial charge is 0.157 e. The number of benzene rings is 1. The molecular weight excluding hydrogens is 294 g/mol. The monoisotopic (exact) mass is 313 g/mol. The first-order valence-electron chi connectivity index (χ1n) is 7.32. The standard InChI is InChI=1S/C17H19N3OS/c1-21-16-5-3-2-4-14(16)15(20-17-19-10-11-22-17)12-13-6-8-18-9-7-13/h2-9,15H,10-12H2,1H3,(H,19,20). The number of hydrogen-bond acceptors (Lipinski definition) is 5. The Bertz CT molecular complexity index is 645. The number of amidine groups is 1. The Balaban J connectivity index is 1.87. The minimum absolute atomic E-state index is 0.128. The van der Waals surface area contributed by atoms with Crippen LogP contribution in [-0.4, -0.2) is 29.6 Å². The SMILES string of the molecule is COc1ccccc1C(Cc1ccncc1)NC1=NCCS1. The molecule has 1 aliphatic rings. The maximum absolute atomic E-state index is 5.53. The highest BCUT2D eigenvalue weighted by molar-refractivity contribution is 8.14. The predicted molar refractivity (Wildman–Crippen MR) is 91.6 cm³/mol. The zero-order valence-corrected chi connectivity index (χ0v) is 13.3. The quantitative estimate of drug-likeness (QED) is 0.921. The van der Waals surface area contributed by atoms with Gasteiger partial charge in [-0.2, -0.15) is 0 Å². The molecule has 1 N–H and O–H groups in total. The lowest BCUT2D eigenvalue weighted by atomic mass is 9.99. The number of ether oxygens (including phenoxy) is 1. The van der Waals surface area contributed by atoms with E-state index in [2.05, 4.69) is 21.4 Å². The molecule has 2 aromatic rings. The van der Waals surface area contributed by atoms with E-state index in [1.165, 1.54) is 5.56 Å². The summed E-state index contributed by atoms with van der Waals surface area (Å²) < 4.78 is 5.53. The van der Waals surface area contributed by atoms with Gasteiger partial charge in [0.2, 0.25) is 0 Å². The minimum Gasteiger partial charge on any atom is -0.496 e. The molecule has 22 heavy (non-hydrogen) atoms. The molecule has 2 heterocycles. The van der Waals surface area contributed by atoms with Crippen molar-refractivity contribution in [3.8, 4) is 5.75 Å². The van der Waals surface area contributed by atoms with Crippen LogP contribution in [0.5, 0.6) is 5.75 Å². The molecule has 4 nitrogen and oxygen atoms in total. The van der Waals surface area contributed by atoms with Gasteiger partial charge in [-0.15, -0.1) is 0 Å². The summed E-state index contributed by atoms with van der Waals surface area (Å²) in [6, 6.07) is 12.4. The van der Waals surface area contributed by atoms with Crippen LogP contribution in [0.4, 0.5) is 0 Å². The van der Waals surface area contributed by atoms with Crippen molar-refractivity contribution >= 4 is 16.9 Å². The summed E-state index contributed by atoms with van der Waals surface area (Å²) in [6.07, 6.45) is 4.52. The summed E-state index contributed by atoms with van der Waals surface area (Å²) in [5, 5.41) is 4.59. The fourth-order valence-corrected chi connectivity index (χ4v) is 3.30. The molecule has 0 amide bonds. The molecule has 114 valence electrons. The molecule has 5 heteroatoms. The number of nitrogens with one attached hydrogen (secondary N) is 1. The summed E-state index contributed by atoms with van der Waals surface area (Å²) >= 11 is 1.78. The van der Waals surface area contributed by atoms with Gasteiger partial charge in [-0.1, -0.05) is 30.0 Å². The van der Waals surface area contributed by atoms with E-state index in [1.54, 1.807) is 18.9 Å². The van der Waals surface area contributed by atoms with Crippen LogP contribution in [0.25, 0.3) is 0 Å². The van der Waals surface area contributed by atoms with Gasteiger partial charge >= 0.3 is 0 Å². The van der Waals surface area contributed by atoms with Gasteiger partial charge in [-0.05, 0) is 30.2 Å². The Hall–Kier alpha value is -2.01. The van der Waals surface area contributed by atoms with Crippen LogP contribution in [0, 0.1) is 0 Å². The van der Waals surface area contributed by atoms with E-state index in [1.807, 2.05) is 42.7 Å². The lowest BCUT2D eigenvalue weighted by Gasteiger charge is -2.22. The summed E-state index contributed by atoms with van der Waals surface area (Å²) in [5.74, 6) is 1.95. The second-order valence-electron chi connectivity index (χ2n) is 5.03. The van der Waals surface area contributed by atoms with Gasteiger partial charge in [-0.3, -0.25) is 9.98 Å². The van der Waals surface area contributed by atoms with E-state index in [0.29, 0.717) is 0 Å². The molecule has 0 bridgehead atoms. The maximum atomic E-state index is 5.53. The lowest BCUT2D eigenvalue weighted by Crippen LogP contribution is -2.27. The zero-order chi connectivity index (χ0) is 15.2. The van der Waals surface area contributed by atoms with E-state index < -0.39 is 0 Å². The first-order valence-corrected chi connectivity index (χ1v) is 8.31. The van der Waals surface area contributed by atoms with Gasteiger partial charge in [0.25, 0.3) is 0 Å². The fourth-order valence-electron chi connectivity index (χ4n) is 2.52. The summed E-state index contributed by atoms with van der Waals surface area (Å²) in [6.45, 7) is 0.890. The van der Waals surface area contributed by atoms with Crippen LogP contribution in [0.2, 0.25) is 0 Å². The molecule has 0 fully saturated rings. The fraction of sp³-hybridized carbons (Fsp3) is 0.294. The van der Waals surface area contributed by atoms with Gasteiger partial charge in [0.15, 0.2) is 5.17 Å². The molecule has 0 saturated carbocycles. The van der Waals surface area contributed by atoms with Gasteiger partial charge in [0, 0.05) is 23.7 Å². The number of pyridine rings is 1. The molecule has 1 aliphatic heterocycles. The molecule has 1 aromatic carbocycles. The first-order chi connectivity index (χ1) is 10.9. The van der Waals surface area contributed by atoms with Crippen molar-refractivity contribution in [2.24, 2.45) is 4.99 Å².